The second-order valence-electron chi connectivity index (χ2n) is 5.10. The highest BCUT2D eigenvalue weighted by molar-refractivity contribution is 6.01. The summed E-state index contributed by atoms with van der Waals surface area (Å²) < 4.78 is 10.7. The van der Waals surface area contributed by atoms with Gasteiger partial charge in [0.2, 0.25) is 0 Å². The van der Waals surface area contributed by atoms with E-state index in [0.717, 1.165) is 30.4 Å². The molecule has 0 radical (unpaired) electrons. The third kappa shape index (κ3) is 2.54. The van der Waals surface area contributed by atoms with Crippen LogP contribution in [0.3, 0.4) is 0 Å². The molecule has 2 aromatic rings. The molecule has 1 aromatic heterocycles. The second-order valence-corrected chi connectivity index (χ2v) is 5.10. The fraction of sp³-hybridized carbons (Fsp3) is 0.400. The molecule has 1 saturated heterocycles. The van der Waals surface area contributed by atoms with Crippen molar-refractivity contribution < 1.29 is 14.3 Å². The van der Waals surface area contributed by atoms with Gasteiger partial charge >= 0.3 is 0 Å². The van der Waals surface area contributed by atoms with Crippen molar-refractivity contribution in [2.75, 3.05) is 27.3 Å². The predicted molar refractivity (Wildman–Crippen MR) is 80.1 cm³/mol. The third-order valence-corrected chi connectivity index (χ3v) is 3.80. The number of methoxy groups -OCH3 is 2. The summed E-state index contributed by atoms with van der Waals surface area (Å²) in [7, 11) is 3.21. The van der Waals surface area contributed by atoms with Gasteiger partial charge in [-0.1, -0.05) is 0 Å². The lowest BCUT2D eigenvalue weighted by Crippen LogP contribution is -2.36. The number of H-pyrrole nitrogens is 1. The summed E-state index contributed by atoms with van der Waals surface area (Å²) in [6, 6.07) is 5.64. The van der Waals surface area contributed by atoms with Gasteiger partial charge in [-0.25, -0.2) is 0 Å². The van der Waals surface area contributed by atoms with Crippen LogP contribution in [0.5, 0.6) is 11.5 Å². The smallest absolute Gasteiger partial charge is 0.267 e. The lowest BCUT2D eigenvalue weighted by Gasteiger charge is -2.09. The predicted octanol–water partition coefficient (Wildman–Crippen LogP) is 1.28. The van der Waals surface area contributed by atoms with Gasteiger partial charge in [-0.3, -0.25) is 4.79 Å². The van der Waals surface area contributed by atoms with Gasteiger partial charge in [-0.05, 0) is 31.2 Å². The minimum atomic E-state index is -0.107. The van der Waals surface area contributed by atoms with Crippen molar-refractivity contribution in [1.82, 2.24) is 15.6 Å². The van der Waals surface area contributed by atoms with E-state index >= 15 is 0 Å². The number of hydrogen-bond acceptors (Lipinski definition) is 4. The lowest BCUT2D eigenvalue weighted by atomic mass is 10.2. The number of aromatic nitrogens is 1. The summed E-state index contributed by atoms with van der Waals surface area (Å²) in [5.41, 5.74) is 1.28. The molecule has 0 spiro atoms. The Morgan fingerprint density at radius 1 is 1.29 bits per heavy atom. The SMILES string of the molecule is COc1ccc(OC)c2[nH]c(C(=O)N[C@@H]3CCNC3)cc12. The van der Waals surface area contributed by atoms with Crippen molar-refractivity contribution >= 4 is 16.8 Å². The zero-order chi connectivity index (χ0) is 14.8. The number of carbonyl (C=O) groups excluding carboxylic acids is 1. The highest BCUT2D eigenvalue weighted by Gasteiger charge is 2.20. The molecule has 0 aliphatic carbocycles. The molecule has 3 N–H and O–H groups in total. The summed E-state index contributed by atoms with van der Waals surface area (Å²) in [4.78, 5) is 15.4. The van der Waals surface area contributed by atoms with Gasteiger partial charge in [0.1, 0.15) is 17.2 Å². The number of carbonyl (C=O) groups is 1. The molecule has 6 nitrogen and oxygen atoms in total. The summed E-state index contributed by atoms with van der Waals surface area (Å²) in [5.74, 6) is 1.29. The number of hydrogen-bond donors (Lipinski definition) is 3. The topological polar surface area (TPSA) is 75.4 Å². The first-order chi connectivity index (χ1) is 10.2. The van der Waals surface area contributed by atoms with Crippen LogP contribution >= 0.6 is 0 Å². The fourth-order valence-corrected chi connectivity index (χ4v) is 2.68. The van der Waals surface area contributed by atoms with E-state index in [1.54, 1.807) is 20.3 Å². The molecule has 21 heavy (non-hydrogen) atoms. The maximum absolute atomic E-state index is 12.3. The van der Waals surface area contributed by atoms with Gasteiger partial charge in [0.25, 0.3) is 5.91 Å². The molecule has 1 fully saturated rings. The molecular formula is C15H19N3O3. The third-order valence-electron chi connectivity index (χ3n) is 3.80. The number of ether oxygens (including phenoxy) is 2. The molecule has 6 heteroatoms. The first kappa shape index (κ1) is 13.8. The van der Waals surface area contributed by atoms with Crippen LogP contribution in [0.25, 0.3) is 10.9 Å². The Bertz CT molecular complexity index is 618. The van der Waals surface area contributed by atoms with E-state index in [-0.39, 0.29) is 11.9 Å². The fourth-order valence-electron chi connectivity index (χ4n) is 2.68. The van der Waals surface area contributed by atoms with Crippen molar-refractivity contribution in [1.29, 1.82) is 0 Å². The summed E-state index contributed by atoms with van der Waals surface area (Å²) >= 11 is 0. The van der Waals surface area contributed by atoms with Gasteiger partial charge in [-0.15, -0.1) is 0 Å². The van der Waals surface area contributed by atoms with Crippen LogP contribution in [0.2, 0.25) is 0 Å². The van der Waals surface area contributed by atoms with E-state index in [2.05, 4.69) is 15.6 Å². The lowest BCUT2D eigenvalue weighted by molar-refractivity contribution is 0.0936. The number of nitrogens with one attached hydrogen (secondary N) is 3. The summed E-state index contributed by atoms with van der Waals surface area (Å²) in [6.45, 7) is 1.76. The Morgan fingerprint density at radius 3 is 2.71 bits per heavy atom. The number of benzene rings is 1. The second kappa shape index (κ2) is 5.65. The number of amides is 1. The average Bonchev–Trinajstić information content (AvgIpc) is 3.15. The molecule has 1 aromatic carbocycles. The van der Waals surface area contributed by atoms with E-state index in [9.17, 15) is 4.79 Å². The zero-order valence-electron chi connectivity index (χ0n) is 12.2. The van der Waals surface area contributed by atoms with E-state index < -0.39 is 0 Å². The summed E-state index contributed by atoms with van der Waals surface area (Å²) in [5, 5.41) is 7.08. The Morgan fingerprint density at radius 2 is 2.05 bits per heavy atom. The zero-order valence-corrected chi connectivity index (χ0v) is 12.2. The number of rotatable bonds is 4. The monoisotopic (exact) mass is 289 g/mol. The molecule has 1 aliphatic heterocycles. The van der Waals surface area contributed by atoms with Crippen molar-refractivity contribution in [2.24, 2.45) is 0 Å². The minimum absolute atomic E-state index is 0.107. The molecule has 1 aliphatic rings. The molecule has 2 heterocycles. The minimum Gasteiger partial charge on any atom is -0.496 e. The van der Waals surface area contributed by atoms with Crippen LogP contribution in [0.1, 0.15) is 16.9 Å². The van der Waals surface area contributed by atoms with E-state index in [1.807, 2.05) is 12.1 Å². The van der Waals surface area contributed by atoms with Crippen molar-refractivity contribution in [3.05, 3.63) is 23.9 Å². The normalized spacial score (nSPS) is 17.9. The summed E-state index contributed by atoms with van der Waals surface area (Å²) in [6.07, 6.45) is 0.957. The average molecular weight is 289 g/mol. The first-order valence-corrected chi connectivity index (χ1v) is 6.98. The van der Waals surface area contributed by atoms with Crippen LogP contribution in [0.4, 0.5) is 0 Å². The molecule has 1 amide bonds. The molecule has 0 bridgehead atoms. The maximum Gasteiger partial charge on any atom is 0.267 e. The Balaban J connectivity index is 1.93. The highest BCUT2D eigenvalue weighted by Crippen LogP contribution is 2.33. The molecule has 112 valence electrons. The Labute approximate surface area is 122 Å². The quantitative estimate of drug-likeness (QED) is 0.792. The van der Waals surface area contributed by atoms with Gasteiger partial charge in [0.05, 0.1) is 19.7 Å². The van der Waals surface area contributed by atoms with Crippen molar-refractivity contribution in [2.45, 2.75) is 12.5 Å². The van der Waals surface area contributed by atoms with Crippen molar-refractivity contribution in [3.63, 3.8) is 0 Å². The highest BCUT2D eigenvalue weighted by atomic mass is 16.5. The van der Waals surface area contributed by atoms with Gasteiger partial charge in [0.15, 0.2) is 0 Å². The number of aromatic amines is 1. The van der Waals surface area contributed by atoms with Crippen LogP contribution in [-0.2, 0) is 0 Å². The number of fused-ring (bicyclic) bond motifs is 1. The maximum atomic E-state index is 12.3. The molecular weight excluding hydrogens is 270 g/mol. The first-order valence-electron chi connectivity index (χ1n) is 6.98. The van der Waals surface area contributed by atoms with Crippen LogP contribution < -0.4 is 20.1 Å². The van der Waals surface area contributed by atoms with Crippen LogP contribution in [-0.4, -0.2) is 44.2 Å². The van der Waals surface area contributed by atoms with E-state index in [4.69, 9.17) is 9.47 Å². The molecule has 3 rings (SSSR count). The van der Waals surface area contributed by atoms with E-state index in [1.165, 1.54) is 0 Å². The molecule has 0 saturated carbocycles. The van der Waals surface area contributed by atoms with Crippen LogP contribution in [0.15, 0.2) is 18.2 Å². The van der Waals surface area contributed by atoms with Crippen molar-refractivity contribution in [3.8, 4) is 11.5 Å². The molecule has 1 atom stereocenters. The standard InChI is InChI=1S/C15H19N3O3/c1-20-12-3-4-13(21-2)14-10(12)7-11(18-14)15(19)17-9-5-6-16-8-9/h3-4,7,9,16,18H,5-6,8H2,1-2H3,(H,17,19)/t9-/m1/s1. The van der Waals surface area contributed by atoms with Gasteiger partial charge < -0.3 is 25.1 Å². The van der Waals surface area contributed by atoms with Gasteiger partial charge in [-0.2, -0.15) is 0 Å². The molecule has 0 unspecified atom stereocenters. The Kier molecular flexibility index (Phi) is 3.70. The van der Waals surface area contributed by atoms with E-state index in [0.29, 0.717) is 17.2 Å². The largest absolute Gasteiger partial charge is 0.496 e. The van der Waals surface area contributed by atoms with Gasteiger partial charge in [0, 0.05) is 18.0 Å². The van der Waals surface area contributed by atoms with Crippen LogP contribution in [0, 0.1) is 0 Å². The Hall–Kier alpha value is -2.21.